The number of aromatic nitrogens is 1. The third-order valence-electron chi connectivity index (χ3n) is 3.64. The Labute approximate surface area is 165 Å². The largest absolute Gasteiger partial charge is 0.508 e. The molecular formula is C19H18N4O4S. The number of ether oxygens (including phenoxy) is 2. The third-order valence-corrected chi connectivity index (χ3v) is 4.40. The Morgan fingerprint density at radius 1 is 1.14 bits per heavy atom. The van der Waals surface area contributed by atoms with Crippen LogP contribution in [0.15, 0.2) is 52.9 Å². The number of aromatic hydroxyl groups is 1. The van der Waals surface area contributed by atoms with Crippen LogP contribution < -0.4 is 20.2 Å². The summed E-state index contributed by atoms with van der Waals surface area (Å²) in [5.74, 6) is 0.936. The summed E-state index contributed by atoms with van der Waals surface area (Å²) in [6.45, 7) is 0. The number of anilines is 2. The zero-order chi connectivity index (χ0) is 19.9. The van der Waals surface area contributed by atoms with Crippen molar-refractivity contribution in [2.45, 2.75) is 0 Å². The van der Waals surface area contributed by atoms with Crippen molar-refractivity contribution in [3.8, 4) is 17.2 Å². The maximum absolute atomic E-state index is 12.2. The van der Waals surface area contributed by atoms with Gasteiger partial charge in [0.1, 0.15) is 11.4 Å². The minimum atomic E-state index is -0.424. The highest BCUT2D eigenvalue weighted by atomic mass is 32.1. The summed E-state index contributed by atoms with van der Waals surface area (Å²) in [5.41, 5.74) is 4.18. The molecule has 8 nitrogen and oxygen atoms in total. The average Bonchev–Trinajstić information content (AvgIpc) is 3.18. The van der Waals surface area contributed by atoms with E-state index in [1.54, 1.807) is 62.1 Å². The van der Waals surface area contributed by atoms with Crippen molar-refractivity contribution in [1.29, 1.82) is 0 Å². The van der Waals surface area contributed by atoms with Gasteiger partial charge in [-0.25, -0.2) is 10.4 Å². The zero-order valence-corrected chi connectivity index (χ0v) is 16.0. The summed E-state index contributed by atoms with van der Waals surface area (Å²) < 4.78 is 10.4. The molecule has 0 aliphatic carbocycles. The maximum Gasteiger partial charge on any atom is 0.290 e. The number of carbonyl (C=O) groups excluding carboxylic acids is 1. The Bertz CT molecular complexity index is 986. The molecule has 1 aromatic heterocycles. The van der Waals surface area contributed by atoms with Crippen LogP contribution in [-0.4, -0.2) is 36.4 Å². The van der Waals surface area contributed by atoms with E-state index in [4.69, 9.17) is 9.47 Å². The topological polar surface area (TPSA) is 105 Å². The SMILES string of the molecule is COc1ccc(/C=N/NC(=O)c2csc(Nc3ccc(O)cc3)n2)cc1OC. The van der Waals surface area contributed by atoms with Crippen molar-refractivity contribution in [3.05, 3.63) is 59.1 Å². The van der Waals surface area contributed by atoms with Crippen molar-refractivity contribution in [2.24, 2.45) is 5.10 Å². The Morgan fingerprint density at radius 2 is 1.89 bits per heavy atom. The van der Waals surface area contributed by atoms with Gasteiger partial charge in [0, 0.05) is 11.1 Å². The molecule has 3 N–H and O–H groups in total. The lowest BCUT2D eigenvalue weighted by Crippen LogP contribution is -2.18. The second-order valence-corrected chi connectivity index (χ2v) is 6.38. The summed E-state index contributed by atoms with van der Waals surface area (Å²) in [6, 6.07) is 11.8. The standard InChI is InChI=1S/C19H18N4O4S/c1-26-16-8-3-12(9-17(16)27-2)10-20-23-18(25)15-11-28-19(22-15)21-13-4-6-14(24)7-5-13/h3-11,24H,1-2H3,(H,21,22)(H,23,25)/b20-10+. The molecule has 0 bridgehead atoms. The lowest BCUT2D eigenvalue weighted by molar-refractivity contribution is 0.0951. The van der Waals surface area contributed by atoms with Crippen LogP contribution in [0.25, 0.3) is 0 Å². The highest BCUT2D eigenvalue weighted by molar-refractivity contribution is 7.14. The monoisotopic (exact) mass is 398 g/mol. The van der Waals surface area contributed by atoms with Gasteiger partial charge in [-0.2, -0.15) is 5.10 Å². The lowest BCUT2D eigenvalue weighted by atomic mass is 10.2. The Morgan fingerprint density at radius 3 is 2.61 bits per heavy atom. The molecule has 0 unspecified atom stereocenters. The summed E-state index contributed by atoms with van der Waals surface area (Å²) in [5, 5.41) is 18.5. The van der Waals surface area contributed by atoms with Crippen molar-refractivity contribution < 1.29 is 19.4 Å². The summed E-state index contributed by atoms with van der Waals surface area (Å²) in [7, 11) is 3.11. The molecule has 144 valence electrons. The van der Waals surface area contributed by atoms with Crippen molar-refractivity contribution >= 4 is 34.3 Å². The number of amides is 1. The van der Waals surface area contributed by atoms with Crippen LogP contribution >= 0.6 is 11.3 Å². The number of nitrogens with one attached hydrogen (secondary N) is 2. The van der Waals surface area contributed by atoms with Crippen molar-refractivity contribution in [1.82, 2.24) is 10.4 Å². The number of phenols is 1. The number of rotatable bonds is 7. The maximum atomic E-state index is 12.2. The Hall–Kier alpha value is -3.59. The first-order valence-electron chi connectivity index (χ1n) is 8.16. The smallest absolute Gasteiger partial charge is 0.290 e. The van der Waals surface area contributed by atoms with Gasteiger partial charge in [0.15, 0.2) is 16.6 Å². The van der Waals surface area contributed by atoms with Gasteiger partial charge in [-0.1, -0.05) is 0 Å². The van der Waals surface area contributed by atoms with Crippen LogP contribution in [0.1, 0.15) is 16.1 Å². The van der Waals surface area contributed by atoms with Gasteiger partial charge in [-0.05, 0) is 48.0 Å². The number of phenolic OH excluding ortho intramolecular Hbond substituents is 1. The molecular weight excluding hydrogens is 380 g/mol. The molecule has 0 spiro atoms. The van der Waals surface area contributed by atoms with Crippen LogP contribution in [0.5, 0.6) is 17.2 Å². The van der Waals surface area contributed by atoms with Gasteiger partial charge < -0.3 is 19.9 Å². The number of carbonyl (C=O) groups is 1. The van der Waals surface area contributed by atoms with Crippen LogP contribution in [0.4, 0.5) is 10.8 Å². The van der Waals surface area contributed by atoms with Gasteiger partial charge in [0.05, 0.1) is 20.4 Å². The molecule has 3 rings (SSSR count). The van der Waals surface area contributed by atoms with Crippen LogP contribution in [0.2, 0.25) is 0 Å². The van der Waals surface area contributed by atoms with Gasteiger partial charge in [-0.15, -0.1) is 11.3 Å². The highest BCUT2D eigenvalue weighted by Crippen LogP contribution is 2.27. The third kappa shape index (κ3) is 4.77. The molecule has 1 heterocycles. The van der Waals surface area contributed by atoms with E-state index in [1.165, 1.54) is 17.6 Å². The van der Waals surface area contributed by atoms with Gasteiger partial charge in [0.2, 0.25) is 0 Å². The first kappa shape index (κ1) is 19.2. The van der Waals surface area contributed by atoms with E-state index in [0.29, 0.717) is 16.6 Å². The van der Waals surface area contributed by atoms with Crippen LogP contribution in [-0.2, 0) is 0 Å². The van der Waals surface area contributed by atoms with Crippen LogP contribution in [0, 0.1) is 0 Å². The number of hydrogen-bond acceptors (Lipinski definition) is 8. The normalized spacial score (nSPS) is 10.6. The fraction of sp³-hybridized carbons (Fsp3) is 0.105. The number of hydrazone groups is 1. The molecule has 9 heteroatoms. The van der Waals surface area contributed by atoms with E-state index in [9.17, 15) is 9.90 Å². The second kappa shape index (κ2) is 8.87. The van der Waals surface area contributed by atoms with Gasteiger partial charge in [0.25, 0.3) is 5.91 Å². The first-order valence-corrected chi connectivity index (χ1v) is 9.04. The molecule has 0 saturated carbocycles. The predicted octanol–water partition coefficient (Wildman–Crippen LogP) is 3.37. The quantitative estimate of drug-likeness (QED) is 0.320. The van der Waals surface area contributed by atoms with Gasteiger partial charge in [-0.3, -0.25) is 4.79 Å². The molecule has 3 aromatic rings. The van der Waals surface area contributed by atoms with E-state index in [2.05, 4.69) is 20.8 Å². The van der Waals surface area contributed by atoms with Crippen molar-refractivity contribution in [2.75, 3.05) is 19.5 Å². The van der Waals surface area contributed by atoms with Gasteiger partial charge >= 0.3 is 0 Å². The van der Waals surface area contributed by atoms with E-state index in [-0.39, 0.29) is 11.4 Å². The number of methoxy groups -OCH3 is 2. The Kier molecular flexibility index (Phi) is 6.07. The lowest BCUT2D eigenvalue weighted by Gasteiger charge is -2.07. The minimum Gasteiger partial charge on any atom is -0.508 e. The molecule has 1 amide bonds. The van der Waals surface area contributed by atoms with E-state index < -0.39 is 5.91 Å². The summed E-state index contributed by atoms with van der Waals surface area (Å²) in [6.07, 6.45) is 1.50. The van der Waals surface area contributed by atoms with Crippen molar-refractivity contribution in [3.63, 3.8) is 0 Å². The molecule has 0 atom stereocenters. The zero-order valence-electron chi connectivity index (χ0n) is 15.2. The average molecular weight is 398 g/mol. The molecule has 0 aliphatic heterocycles. The molecule has 2 aromatic carbocycles. The number of hydrogen-bond donors (Lipinski definition) is 3. The van der Waals surface area contributed by atoms with E-state index in [1.807, 2.05) is 0 Å². The molecule has 0 saturated heterocycles. The summed E-state index contributed by atoms with van der Waals surface area (Å²) >= 11 is 1.29. The van der Waals surface area contributed by atoms with E-state index in [0.717, 1.165) is 11.3 Å². The van der Waals surface area contributed by atoms with Crippen LogP contribution in [0.3, 0.4) is 0 Å². The molecule has 0 aliphatic rings. The molecule has 0 fully saturated rings. The first-order chi connectivity index (χ1) is 13.6. The highest BCUT2D eigenvalue weighted by Gasteiger charge is 2.10. The fourth-order valence-electron chi connectivity index (χ4n) is 2.26. The fourth-order valence-corrected chi connectivity index (χ4v) is 2.97. The number of benzene rings is 2. The molecule has 28 heavy (non-hydrogen) atoms. The minimum absolute atomic E-state index is 0.178. The Balaban J connectivity index is 1.60. The summed E-state index contributed by atoms with van der Waals surface area (Å²) in [4.78, 5) is 16.4. The number of thiazole rings is 1. The van der Waals surface area contributed by atoms with E-state index >= 15 is 0 Å². The number of nitrogens with zero attached hydrogens (tertiary/aromatic N) is 2. The molecule has 0 radical (unpaired) electrons. The predicted molar refractivity (Wildman–Crippen MR) is 108 cm³/mol. The second-order valence-electron chi connectivity index (χ2n) is 5.52.